The summed E-state index contributed by atoms with van der Waals surface area (Å²) in [5.74, 6) is -3.01. The van der Waals surface area contributed by atoms with Crippen LogP contribution in [0, 0.1) is 0 Å². The summed E-state index contributed by atoms with van der Waals surface area (Å²) in [7, 11) is 3.80. The van der Waals surface area contributed by atoms with E-state index < -0.39 is 23.7 Å². The lowest BCUT2D eigenvalue weighted by Crippen LogP contribution is -2.32. The van der Waals surface area contributed by atoms with Gasteiger partial charge in [0.15, 0.2) is 0 Å². The summed E-state index contributed by atoms with van der Waals surface area (Å²) in [5, 5.41) is 21.7. The molecule has 156 valence electrons. The van der Waals surface area contributed by atoms with Crippen LogP contribution in [0.2, 0.25) is 0 Å². The number of carbonyl (C=O) groups excluding carboxylic acids is 3. The fourth-order valence-corrected chi connectivity index (χ4v) is 3.56. The van der Waals surface area contributed by atoms with E-state index in [9.17, 15) is 24.6 Å². The van der Waals surface area contributed by atoms with Gasteiger partial charge >= 0.3 is 0 Å². The first kappa shape index (κ1) is 21.1. The van der Waals surface area contributed by atoms with Gasteiger partial charge in [0.05, 0.1) is 11.6 Å². The highest BCUT2D eigenvalue weighted by Crippen LogP contribution is 2.39. The van der Waals surface area contributed by atoms with Crippen LogP contribution in [0.3, 0.4) is 0 Å². The Morgan fingerprint density at radius 1 is 1.07 bits per heavy atom. The van der Waals surface area contributed by atoms with Crippen molar-refractivity contribution in [1.29, 1.82) is 0 Å². The van der Waals surface area contributed by atoms with Crippen LogP contribution in [0.25, 0.3) is 5.76 Å². The number of hydrogen-bond donors (Lipinski definition) is 1. The van der Waals surface area contributed by atoms with E-state index >= 15 is 0 Å². The van der Waals surface area contributed by atoms with Crippen LogP contribution in [0.4, 0.5) is 5.69 Å². The summed E-state index contributed by atoms with van der Waals surface area (Å²) in [6.07, 6.45) is -0.0824. The van der Waals surface area contributed by atoms with Gasteiger partial charge in [0.25, 0.3) is 11.7 Å². The van der Waals surface area contributed by atoms with E-state index in [1.165, 1.54) is 4.90 Å². The number of amides is 1. The van der Waals surface area contributed by atoms with Crippen LogP contribution in [0.15, 0.2) is 60.2 Å². The van der Waals surface area contributed by atoms with E-state index in [0.29, 0.717) is 11.1 Å². The smallest absolute Gasteiger partial charge is 0.295 e. The minimum atomic E-state index is -1.22. The first-order chi connectivity index (χ1) is 14.3. The molecule has 1 atom stereocenters. The van der Waals surface area contributed by atoms with Gasteiger partial charge in [-0.2, -0.15) is 0 Å². The van der Waals surface area contributed by atoms with Crippen LogP contribution in [0.5, 0.6) is 0 Å². The topological polar surface area (TPSA) is 101 Å². The maximum Gasteiger partial charge on any atom is 0.295 e. The highest BCUT2D eigenvalue weighted by atomic mass is 16.4. The molecule has 1 amide bonds. The van der Waals surface area contributed by atoms with Gasteiger partial charge in [-0.15, -0.1) is 0 Å². The zero-order valence-electron chi connectivity index (χ0n) is 16.9. The Morgan fingerprint density at radius 2 is 1.70 bits per heavy atom. The van der Waals surface area contributed by atoms with Crippen molar-refractivity contribution in [2.45, 2.75) is 18.9 Å². The number of benzene rings is 2. The molecule has 0 bridgehead atoms. The predicted molar refractivity (Wildman–Crippen MR) is 110 cm³/mol. The van der Waals surface area contributed by atoms with Crippen LogP contribution in [-0.4, -0.2) is 48.3 Å². The SMILES string of the molecule is CN(C)c1ccc([C@H]2C(=C(O)c3ccccc3)C(=O)C(=O)N2CCCC(=O)[O-])cc1. The summed E-state index contributed by atoms with van der Waals surface area (Å²) in [4.78, 5) is 39.6. The maximum atomic E-state index is 12.8. The average molecular weight is 407 g/mol. The second-order valence-corrected chi connectivity index (χ2v) is 7.32. The number of carboxylic acids is 1. The summed E-state index contributed by atoms with van der Waals surface area (Å²) in [6, 6.07) is 15.1. The number of ketones is 1. The molecule has 30 heavy (non-hydrogen) atoms. The molecular formula is C23H23N2O5-. The number of carboxylic acid groups (broad SMARTS) is 1. The fourth-order valence-electron chi connectivity index (χ4n) is 3.56. The van der Waals surface area contributed by atoms with Gasteiger partial charge in [-0.25, -0.2) is 0 Å². The van der Waals surface area contributed by atoms with E-state index in [1.807, 2.05) is 31.1 Å². The first-order valence-electron chi connectivity index (χ1n) is 9.62. The Hall–Kier alpha value is -3.61. The Morgan fingerprint density at radius 3 is 2.27 bits per heavy atom. The number of likely N-dealkylation sites (tertiary alicyclic amines) is 1. The van der Waals surface area contributed by atoms with E-state index in [-0.39, 0.29) is 30.7 Å². The Kier molecular flexibility index (Phi) is 6.20. The van der Waals surface area contributed by atoms with Crippen LogP contribution >= 0.6 is 0 Å². The highest BCUT2D eigenvalue weighted by Gasteiger charge is 2.45. The number of Topliss-reactive ketones (excluding diaryl/α,β-unsaturated/α-hetero) is 1. The molecule has 1 aliphatic rings. The number of aliphatic hydroxyl groups is 1. The summed E-state index contributed by atoms with van der Waals surface area (Å²) < 4.78 is 0. The minimum absolute atomic E-state index is 0.00254. The number of anilines is 1. The second-order valence-electron chi connectivity index (χ2n) is 7.32. The lowest BCUT2D eigenvalue weighted by Gasteiger charge is -2.26. The van der Waals surface area contributed by atoms with Crippen molar-refractivity contribution < 1.29 is 24.6 Å². The lowest BCUT2D eigenvalue weighted by molar-refractivity contribution is -0.305. The molecule has 2 aromatic rings. The number of hydrogen-bond acceptors (Lipinski definition) is 6. The third kappa shape index (κ3) is 4.20. The molecule has 0 saturated carbocycles. The molecule has 0 radical (unpaired) electrons. The number of carbonyl (C=O) groups is 3. The molecule has 0 spiro atoms. The van der Waals surface area contributed by atoms with Crippen molar-refractivity contribution in [1.82, 2.24) is 4.90 Å². The fraction of sp³-hybridized carbons (Fsp3) is 0.261. The highest BCUT2D eigenvalue weighted by molar-refractivity contribution is 6.46. The van der Waals surface area contributed by atoms with Gasteiger partial charge in [0.1, 0.15) is 5.76 Å². The first-order valence-corrected chi connectivity index (χ1v) is 9.62. The summed E-state index contributed by atoms with van der Waals surface area (Å²) >= 11 is 0. The molecule has 0 aliphatic carbocycles. The summed E-state index contributed by atoms with van der Waals surface area (Å²) in [5.41, 5.74) is 2.03. The normalized spacial score (nSPS) is 17.9. The van der Waals surface area contributed by atoms with Gasteiger partial charge in [0, 0.05) is 37.9 Å². The van der Waals surface area contributed by atoms with Crippen molar-refractivity contribution in [2.24, 2.45) is 0 Å². The molecule has 2 aromatic carbocycles. The quantitative estimate of drug-likeness (QED) is 0.426. The zero-order chi connectivity index (χ0) is 21.8. The summed E-state index contributed by atoms with van der Waals surface area (Å²) in [6.45, 7) is 0.0597. The number of aliphatic carboxylic acids is 1. The lowest BCUT2D eigenvalue weighted by atomic mass is 9.95. The third-order valence-corrected chi connectivity index (χ3v) is 5.09. The molecule has 1 fully saturated rings. The van der Waals surface area contributed by atoms with Crippen molar-refractivity contribution in [3.05, 3.63) is 71.3 Å². The Balaban J connectivity index is 2.08. The molecule has 0 aromatic heterocycles. The van der Waals surface area contributed by atoms with Gasteiger partial charge in [0.2, 0.25) is 0 Å². The molecule has 1 aliphatic heterocycles. The predicted octanol–water partition coefficient (Wildman–Crippen LogP) is 1.70. The van der Waals surface area contributed by atoms with E-state index in [4.69, 9.17) is 0 Å². The monoisotopic (exact) mass is 407 g/mol. The van der Waals surface area contributed by atoms with Gasteiger partial charge in [-0.3, -0.25) is 9.59 Å². The number of rotatable bonds is 7. The minimum Gasteiger partial charge on any atom is -0.550 e. The van der Waals surface area contributed by atoms with E-state index in [1.54, 1.807) is 42.5 Å². The van der Waals surface area contributed by atoms with Crippen LogP contribution in [-0.2, 0) is 14.4 Å². The van der Waals surface area contributed by atoms with E-state index in [0.717, 1.165) is 5.69 Å². The Bertz CT molecular complexity index is 980. The molecule has 1 heterocycles. The molecular weight excluding hydrogens is 384 g/mol. The second kappa shape index (κ2) is 8.82. The van der Waals surface area contributed by atoms with Crippen LogP contribution in [0.1, 0.15) is 30.0 Å². The molecule has 1 saturated heterocycles. The van der Waals surface area contributed by atoms with Crippen molar-refractivity contribution in [3.63, 3.8) is 0 Å². The molecule has 0 unspecified atom stereocenters. The van der Waals surface area contributed by atoms with Gasteiger partial charge in [-0.05, 0) is 30.5 Å². The van der Waals surface area contributed by atoms with Gasteiger partial charge in [-0.1, -0.05) is 42.5 Å². The Labute approximate surface area is 174 Å². The molecule has 3 rings (SSSR count). The van der Waals surface area contributed by atoms with Crippen molar-refractivity contribution in [3.8, 4) is 0 Å². The van der Waals surface area contributed by atoms with Crippen molar-refractivity contribution >= 4 is 29.1 Å². The zero-order valence-corrected chi connectivity index (χ0v) is 16.9. The number of aliphatic hydroxyl groups excluding tert-OH is 1. The van der Waals surface area contributed by atoms with Crippen molar-refractivity contribution in [2.75, 3.05) is 25.5 Å². The maximum absolute atomic E-state index is 12.8. The average Bonchev–Trinajstić information content (AvgIpc) is 2.98. The molecule has 1 N–H and O–H groups in total. The van der Waals surface area contributed by atoms with Crippen LogP contribution < -0.4 is 10.0 Å². The molecule has 7 heteroatoms. The number of nitrogens with zero attached hydrogens (tertiary/aromatic N) is 2. The largest absolute Gasteiger partial charge is 0.550 e. The molecule has 7 nitrogen and oxygen atoms in total. The van der Waals surface area contributed by atoms with E-state index in [2.05, 4.69) is 0 Å². The third-order valence-electron chi connectivity index (χ3n) is 5.09. The standard InChI is InChI=1S/C23H24N2O5/c1-24(2)17-12-10-15(11-13-17)20-19(21(28)16-7-4-3-5-8-16)22(29)23(30)25(20)14-6-9-18(26)27/h3-5,7-8,10-13,20,28H,6,9,14H2,1-2H3,(H,26,27)/p-1/t20-/m0/s1. The van der Waals surface area contributed by atoms with Gasteiger partial charge < -0.3 is 24.8 Å².